The highest BCUT2D eigenvalue weighted by atomic mass is 19.1. The second kappa shape index (κ2) is 7.99. The van der Waals surface area contributed by atoms with Crippen molar-refractivity contribution in [3.8, 4) is 22.9 Å². The molecule has 0 amide bonds. The van der Waals surface area contributed by atoms with E-state index in [0.29, 0.717) is 28.4 Å². The monoisotopic (exact) mass is 423 g/mol. The number of benzene rings is 1. The molecule has 0 spiro atoms. The van der Waals surface area contributed by atoms with Gasteiger partial charge in [-0.3, -0.25) is 15.1 Å². The lowest BCUT2D eigenvalue weighted by Gasteiger charge is -2.05. The minimum absolute atomic E-state index is 0.292. The Morgan fingerprint density at radius 3 is 2.62 bits per heavy atom. The summed E-state index contributed by atoms with van der Waals surface area (Å²) in [6.45, 7) is 5.74. The first-order valence-electron chi connectivity index (χ1n) is 9.91. The number of imidazole rings is 1. The van der Waals surface area contributed by atoms with E-state index in [2.05, 4.69) is 31.7 Å². The lowest BCUT2D eigenvalue weighted by atomic mass is 10.0. The topological polar surface area (TPSA) is 96.0 Å². The van der Waals surface area contributed by atoms with Gasteiger partial charge in [0.15, 0.2) is 11.5 Å². The van der Waals surface area contributed by atoms with Crippen molar-refractivity contribution in [1.82, 2.24) is 35.1 Å². The van der Waals surface area contributed by atoms with Crippen LogP contribution in [0.15, 0.2) is 73.7 Å². The molecule has 5 aromatic rings. The van der Waals surface area contributed by atoms with Gasteiger partial charge in [-0.15, -0.1) is 0 Å². The van der Waals surface area contributed by atoms with Gasteiger partial charge >= 0.3 is 0 Å². The first-order valence-corrected chi connectivity index (χ1v) is 9.91. The smallest absolute Gasteiger partial charge is 0.161 e. The summed E-state index contributed by atoms with van der Waals surface area (Å²) < 4.78 is 13.4. The number of halogens is 1. The quantitative estimate of drug-likeness (QED) is 0.393. The summed E-state index contributed by atoms with van der Waals surface area (Å²) in [5, 5.41) is 7.44. The van der Waals surface area contributed by atoms with Gasteiger partial charge in [0.1, 0.15) is 17.0 Å². The lowest BCUT2D eigenvalue weighted by Crippen LogP contribution is -1.92. The summed E-state index contributed by atoms with van der Waals surface area (Å²) >= 11 is 0. The Morgan fingerprint density at radius 2 is 1.88 bits per heavy atom. The summed E-state index contributed by atoms with van der Waals surface area (Å²) in [6.07, 6.45) is 8.45. The zero-order valence-corrected chi connectivity index (χ0v) is 17.2. The van der Waals surface area contributed by atoms with Crippen LogP contribution in [-0.2, 0) is 0 Å². The molecule has 32 heavy (non-hydrogen) atoms. The number of pyridine rings is 1. The minimum atomic E-state index is -0.292. The van der Waals surface area contributed by atoms with E-state index in [4.69, 9.17) is 9.97 Å². The predicted octanol–water partition coefficient (Wildman–Crippen LogP) is 4.87. The highest BCUT2D eigenvalue weighted by Crippen LogP contribution is 2.30. The number of allylic oxidation sites excluding steroid dienone is 2. The standard InChI is InChI=1S/C24H18FN7/c1-3-4-17(15-5-7-16(25)8-6-15)21-14(2)28-24(30-21)23-22-19(31-32-23)10-9-18(29-22)20-13-26-11-12-27-20/h3-13H,1H2,2H3,(H,28,30)(H,31,32)/b17-4-. The van der Waals surface area contributed by atoms with Crippen LogP contribution in [0.4, 0.5) is 4.39 Å². The maximum atomic E-state index is 13.4. The summed E-state index contributed by atoms with van der Waals surface area (Å²) in [5.41, 5.74) is 6.65. The fourth-order valence-electron chi connectivity index (χ4n) is 3.53. The SMILES string of the molecule is C=C/C=C(/c1ccc(F)cc1)c1nc(-c2n[nH]c3ccc(-c4cnccn4)nc23)[nH]c1C. The molecule has 0 aliphatic rings. The van der Waals surface area contributed by atoms with E-state index in [1.165, 1.54) is 12.1 Å². The van der Waals surface area contributed by atoms with Gasteiger partial charge in [-0.25, -0.2) is 14.4 Å². The van der Waals surface area contributed by atoms with Crippen LogP contribution in [0.1, 0.15) is 17.0 Å². The van der Waals surface area contributed by atoms with Crippen molar-refractivity contribution in [2.75, 3.05) is 0 Å². The van der Waals surface area contributed by atoms with Gasteiger partial charge in [-0.05, 0) is 36.8 Å². The Morgan fingerprint density at radius 1 is 1.03 bits per heavy atom. The van der Waals surface area contributed by atoms with Gasteiger partial charge < -0.3 is 4.98 Å². The van der Waals surface area contributed by atoms with Crippen LogP contribution >= 0.6 is 0 Å². The highest BCUT2D eigenvalue weighted by molar-refractivity contribution is 5.90. The number of nitrogens with zero attached hydrogens (tertiary/aromatic N) is 5. The third kappa shape index (κ3) is 3.47. The lowest BCUT2D eigenvalue weighted by molar-refractivity contribution is 0.627. The van der Waals surface area contributed by atoms with Gasteiger partial charge in [0.2, 0.25) is 0 Å². The Balaban J connectivity index is 1.61. The summed E-state index contributed by atoms with van der Waals surface area (Å²) in [6, 6.07) is 10.1. The fraction of sp³-hybridized carbons (Fsp3) is 0.0417. The van der Waals surface area contributed by atoms with Crippen LogP contribution in [0.5, 0.6) is 0 Å². The summed E-state index contributed by atoms with van der Waals surface area (Å²) in [5.74, 6) is 0.281. The first kappa shape index (κ1) is 19.5. The molecule has 1 aromatic carbocycles. The number of nitrogens with one attached hydrogen (secondary N) is 2. The maximum Gasteiger partial charge on any atom is 0.161 e. The maximum absolute atomic E-state index is 13.4. The second-order valence-electron chi connectivity index (χ2n) is 7.14. The molecule has 4 aromatic heterocycles. The fourth-order valence-corrected chi connectivity index (χ4v) is 3.53. The van der Waals surface area contributed by atoms with Crippen molar-refractivity contribution in [1.29, 1.82) is 0 Å². The number of H-pyrrole nitrogens is 2. The van der Waals surface area contributed by atoms with E-state index >= 15 is 0 Å². The van der Waals surface area contributed by atoms with Crippen molar-refractivity contribution < 1.29 is 4.39 Å². The third-order valence-electron chi connectivity index (χ3n) is 5.04. The Kier molecular flexibility index (Phi) is 4.87. The van der Waals surface area contributed by atoms with E-state index in [0.717, 1.165) is 28.0 Å². The van der Waals surface area contributed by atoms with Crippen LogP contribution in [0.3, 0.4) is 0 Å². The van der Waals surface area contributed by atoms with E-state index in [1.54, 1.807) is 36.8 Å². The van der Waals surface area contributed by atoms with Gasteiger partial charge in [0.25, 0.3) is 0 Å². The third-order valence-corrected chi connectivity index (χ3v) is 5.04. The van der Waals surface area contributed by atoms with Crippen LogP contribution in [-0.4, -0.2) is 35.1 Å². The zero-order chi connectivity index (χ0) is 22.1. The molecule has 2 N–H and O–H groups in total. The number of aromatic amines is 2. The zero-order valence-electron chi connectivity index (χ0n) is 17.2. The minimum Gasteiger partial charge on any atom is -0.340 e. The molecule has 8 heteroatoms. The van der Waals surface area contributed by atoms with Crippen molar-refractivity contribution in [2.45, 2.75) is 6.92 Å². The molecule has 0 aliphatic carbocycles. The highest BCUT2D eigenvalue weighted by Gasteiger charge is 2.19. The molecule has 0 fully saturated rings. The molecule has 5 rings (SSSR count). The van der Waals surface area contributed by atoms with Gasteiger partial charge in [0.05, 0.1) is 23.1 Å². The second-order valence-corrected chi connectivity index (χ2v) is 7.14. The van der Waals surface area contributed by atoms with Gasteiger partial charge in [-0.1, -0.05) is 30.9 Å². The number of hydrogen-bond donors (Lipinski definition) is 2. The normalized spacial score (nSPS) is 11.8. The largest absolute Gasteiger partial charge is 0.340 e. The molecule has 0 aliphatic heterocycles. The molecule has 4 heterocycles. The molecule has 0 saturated heterocycles. The Bertz CT molecular complexity index is 1450. The number of aromatic nitrogens is 7. The molecule has 0 saturated carbocycles. The predicted molar refractivity (Wildman–Crippen MR) is 121 cm³/mol. The van der Waals surface area contributed by atoms with Crippen LogP contribution in [0, 0.1) is 12.7 Å². The van der Waals surface area contributed by atoms with Crippen molar-refractivity contribution >= 4 is 16.6 Å². The molecular formula is C24H18FN7. The number of fused-ring (bicyclic) bond motifs is 1. The van der Waals surface area contributed by atoms with Crippen LogP contribution < -0.4 is 0 Å². The van der Waals surface area contributed by atoms with E-state index in [1.807, 2.05) is 25.1 Å². The molecule has 0 unspecified atom stereocenters. The molecular weight excluding hydrogens is 405 g/mol. The molecule has 0 radical (unpaired) electrons. The molecule has 0 atom stereocenters. The van der Waals surface area contributed by atoms with Gasteiger partial charge in [-0.2, -0.15) is 5.10 Å². The van der Waals surface area contributed by atoms with Crippen LogP contribution in [0.2, 0.25) is 0 Å². The molecule has 7 nitrogen and oxygen atoms in total. The number of rotatable bonds is 5. The Labute approximate surface area is 182 Å². The molecule has 156 valence electrons. The average molecular weight is 423 g/mol. The van der Waals surface area contributed by atoms with E-state index < -0.39 is 0 Å². The summed E-state index contributed by atoms with van der Waals surface area (Å²) in [4.78, 5) is 21.3. The van der Waals surface area contributed by atoms with Crippen LogP contribution in [0.25, 0.3) is 39.5 Å². The Hall–Kier alpha value is -4.46. The number of hydrogen-bond acceptors (Lipinski definition) is 5. The van der Waals surface area contributed by atoms with Crippen molar-refractivity contribution in [3.63, 3.8) is 0 Å². The van der Waals surface area contributed by atoms with Crippen molar-refractivity contribution in [2.24, 2.45) is 0 Å². The van der Waals surface area contributed by atoms with E-state index in [9.17, 15) is 4.39 Å². The van der Waals surface area contributed by atoms with Crippen molar-refractivity contribution in [3.05, 3.63) is 96.5 Å². The summed E-state index contributed by atoms with van der Waals surface area (Å²) in [7, 11) is 0. The number of aryl methyl sites for hydroxylation is 1. The van der Waals surface area contributed by atoms with Gasteiger partial charge in [0, 0.05) is 23.7 Å². The first-order chi connectivity index (χ1) is 15.6. The van der Waals surface area contributed by atoms with E-state index in [-0.39, 0.29) is 5.82 Å². The average Bonchev–Trinajstić information content (AvgIpc) is 3.41. The molecule has 0 bridgehead atoms.